The van der Waals surface area contributed by atoms with E-state index in [9.17, 15) is 9.59 Å². The van der Waals surface area contributed by atoms with Crippen molar-refractivity contribution >= 4 is 11.9 Å². The Balaban J connectivity index is 1.83. The molecule has 0 bridgehead atoms. The van der Waals surface area contributed by atoms with Gasteiger partial charge in [-0.25, -0.2) is 4.79 Å². The number of carbonyl (C=O) groups excluding carboxylic acids is 1. The minimum absolute atomic E-state index is 0.170. The quantitative estimate of drug-likeness (QED) is 0.741. The number of amides is 1. The summed E-state index contributed by atoms with van der Waals surface area (Å²) in [5.41, 5.74) is 5.94. The van der Waals surface area contributed by atoms with Crippen LogP contribution in [0, 0.1) is 11.8 Å². The molecule has 1 saturated heterocycles. The summed E-state index contributed by atoms with van der Waals surface area (Å²) in [5, 5.41) is 8.80. The Kier molecular flexibility index (Phi) is 3.14. The van der Waals surface area contributed by atoms with Crippen LogP contribution in [0.1, 0.15) is 25.7 Å². The second-order valence-corrected chi connectivity index (χ2v) is 4.81. The zero-order valence-corrected chi connectivity index (χ0v) is 9.26. The van der Waals surface area contributed by atoms with Crippen LogP contribution in [0.25, 0.3) is 0 Å². The van der Waals surface area contributed by atoms with E-state index >= 15 is 0 Å². The molecule has 1 aliphatic heterocycles. The van der Waals surface area contributed by atoms with Crippen LogP contribution in [0.2, 0.25) is 0 Å². The number of nitrogens with two attached hydrogens (primary N) is 1. The van der Waals surface area contributed by atoms with E-state index in [2.05, 4.69) is 0 Å². The molecule has 2 rings (SSSR count). The number of Topliss-reactive ketones (excluding diaryl/α,β-unsaturated/α-hetero) is 1. The van der Waals surface area contributed by atoms with Gasteiger partial charge in [-0.2, -0.15) is 0 Å². The monoisotopic (exact) mass is 226 g/mol. The Morgan fingerprint density at radius 2 is 1.75 bits per heavy atom. The lowest BCUT2D eigenvalue weighted by molar-refractivity contribution is -0.123. The van der Waals surface area contributed by atoms with Gasteiger partial charge in [0.15, 0.2) is 5.78 Å². The molecule has 1 amide bonds. The summed E-state index contributed by atoms with van der Waals surface area (Å²) in [7, 11) is 0. The van der Waals surface area contributed by atoms with Crippen molar-refractivity contribution in [3.63, 3.8) is 0 Å². The molecule has 5 nitrogen and oxygen atoms in total. The molecule has 0 spiro atoms. The van der Waals surface area contributed by atoms with Crippen molar-refractivity contribution < 1.29 is 14.7 Å². The highest BCUT2D eigenvalue weighted by atomic mass is 16.4. The Hall–Kier alpha value is -1.10. The molecule has 3 N–H and O–H groups in total. The van der Waals surface area contributed by atoms with Crippen LogP contribution in [-0.4, -0.2) is 41.0 Å². The lowest BCUT2D eigenvalue weighted by Gasteiger charge is -2.32. The van der Waals surface area contributed by atoms with E-state index in [1.54, 1.807) is 0 Å². The molecule has 1 unspecified atom stereocenters. The number of hydrogen-bond acceptors (Lipinski definition) is 3. The van der Waals surface area contributed by atoms with Crippen LogP contribution < -0.4 is 5.73 Å². The van der Waals surface area contributed by atoms with Crippen molar-refractivity contribution in [2.24, 2.45) is 17.6 Å². The molecule has 90 valence electrons. The van der Waals surface area contributed by atoms with Crippen LogP contribution >= 0.6 is 0 Å². The molecular formula is C11H18N2O3. The van der Waals surface area contributed by atoms with Gasteiger partial charge in [0, 0.05) is 19.0 Å². The largest absolute Gasteiger partial charge is 0.465 e. The summed E-state index contributed by atoms with van der Waals surface area (Å²) in [6.07, 6.45) is 2.53. The summed E-state index contributed by atoms with van der Waals surface area (Å²) in [6.45, 7) is 1.01. The second-order valence-electron chi connectivity index (χ2n) is 4.81. The maximum Gasteiger partial charge on any atom is 0.407 e. The molecule has 1 aliphatic carbocycles. The van der Waals surface area contributed by atoms with Crippen LogP contribution in [0.15, 0.2) is 0 Å². The third-order valence-corrected chi connectivity index (χ3v) is 3.63. The fourth-order valence-electron chi connectivity index (χ4n) is 2.32. The normalized spacial score (nSPS) is 24.2. The van der Waals surface area contributed by atoms with Gasteiger partial charge >= 0.3 is 6.09 Å². The fourth-order valence-corrected chi connectivity index (χ4v) is 2.32. The second kappa shape index (κ2) is 4.41. The van der Waals surface area contributed by atoms with Gasteiger partial charge in [-0.1, -0.05) is 0 Å². The Morgan fingerprint density at radius 1 is 1.19 bits per heavy atom. The number of piperidine rings is 1. The molecule has 0 aromatic carbocycles. The lowest BCUT2D eigenvalue weighted by Crippen LogP contribution is -2.46. The molecule has 1 atom stereocenters. The summed E-state index contributed by atoms with van der Waals surface area (Å²) in [4.78, 5) is 23.9. The average molecular weight is 226 g/mol. The molecule has 2 aliphatic rings. The molecular weight excluding hydrogens is 208 g/mol. The minimum atomic E-state index is -0.874. The summed E-state index contributed by atoms with van der Waals surface area (Å²) in [5.74, 6) is 0.560. The van der Waals surface area contributed by atoms with Crippen molar-refractivity contribution in [1.82, 2.24) is 4.90 Å². The smallest absolute Gasteiger partial charge is 0.407 e. The van der Waals surface area contributed by atoms with Crippen molar-refractivity contribution in [2.45, 2.75) is 31.7 Å². The van der Waals surface area contributed by atoms with Crippen LogP contribution in [0.4, 0.5) is 4.79 Å². The van der Waals surface area contributed by atoms with E-state index in [1.807, 2.05) is 0 Å². The van der Waals surface area contributed by atoms with Crippen LogP contribution in [-0.2, 0) is 4.79 Å². The lowest BCUT2D eigenvalue weighted by atomic mass is 9.86. The number of hydrogen-bond donors (Lipinski definition) is 2. The number of nitrogens with zero attached hydrogens (tertiary/aromatic N) is 1. The van der Waals surface area contributed by atoms with Gasteiger partial charge in [-0.05, 0) is 31.6 Å². The van der Waals surface area contributed by atoms with Gasteiger partial charge in [0.25, 0.3) is 0 Å². The molecule has 5 heteroatoms. The van der Waals surface area contributed by atoms with E-state index in [1.165, 1.54) is 4.90 Å². The van der Waals surface area contributed by atoms with E-state index in [0.717, 1.165) is 12.8 Å². The van der Waals surface area contributed by atoms with Gasteiger partial charge < -0.3 is 15.7 Å². The SMILES string of the molecule is NC(C(=O)C1CC1)C1CCN(C(=O)O)CC1. The highest BCUT2D eigenvalue weighted by Gasteiger charge is 2.37. The first-order chi connectivity index (χ1) is 7.59. The zero-order chi connectivity index (χ0) is 11.7. The van der Waals surface area contributed by atoms with Crippen molar-refractivity contribution in [3.8, 4) is 0 Å². The maximum atomic E-state index is 11.8. The number of rotatable bonds is 3. The number of likely N-dealkylation sites (tertiary alicyclic amines) is 1. The maximum absolute atomic E-state index is 11.8. The average Bonchev–Trinajstić information content (AvgIpc) is 3.11. The molecule has 1 heterocycles. The third kappa shape index (κ3) is 2.35. The zero-order valence-electron chi connectivity index (χ0n) is 9.26. The van der Waals surface area contributed by atoms with Crippen molar-refractivity contribution in [2.75, 3.05) is 13.1 Å². The van der Waals surface area contributed by atoms with E-state index < -0.39 is 6.09 Å². The molecule has 2 fully saturated rings. The number of carboxylic acid groups (broad SMARTS) is 1. The van der Waals surface area contributed by atoms with Gasteiger partial charge in [0.1, 0.15) is 0 Å². The van der Waals surface area contributed by atoms with Gasteiger partial charge in [-0.3, -0.25) is 4.79 Å². The fraction of sp³-hybridized carbons (Fsp3) is 0.818. The van der Waals surface area contributed by atoms with Gasteiger partial charge in [0.05, 0.1) is 6.04 Å². The highest BCUT2D eigenvalue weighted by molar-refractivity contribution is 5.88. The summed E-state index contributed by atoms with van der Waals surface area (Å²) >= 11 is 0. The predicted octanol–water partition coefficient (Wildman–Crippen LogP) is 0.683. The molecule has 0 aromatic rings. The molecule has 0 radical (unpaired) electrons. The van der Waals surface area contributed by atoms with Crippen molar-refractivity contribution in [3.05, 3.63) is 0 Å². The Labute approximate surface area is 94.6 Å². The first kappa shape index (κ1) is 11.4. The topological polar surface area (TPSA) is 83.6 Å². The van der Waals surface area contributed by atoms with Crippen LogP contribution in [0.5, 0.6) is 0 Å². The predicted molar refractivity (Wildman–Crippen MR) is 58.0 cm³/mol. The summed E-state index contributed by atoms with van der Waals surface area (Å²) < 4.78 is 0. The minimum Gasteiger partial charge on any atom is -0.465 e. The molecule has 0 aromatic heterocycles. The van der Waals surface area contributed by atoms with Crippen molar-refractivity contribution in [1.29, 1.82) is 0 Å². The van der Waals surface area contributed by atoms with E-state index in [-0.39, 0.29) is 23.7 Å². The molecule has 16 heavy (non-hydrogen) atoms. The number of carbonyl (C=O) groups is 2. The highest BCUT2D eigenvalue weighted by Crippen LogP contribution is 2.33. The first-order valence-electron chi connectivity index (χ1n) is 5.86. The Morgan fingerprint density at radius 3 is 2.19 bits per heavy atom. The van der Waals surface area contributed by atoms with E-state index in [0.29, 0.717) is 25.9 Å². The Bertz CT molecular complexity index is 294. The van der Waals surface area contributed by atoms with E-state index in [4.69, 9.17) is 10.8 Å². The van der Waals surface area contributed by atoms with Crippen LogP contribution in [0.3, 0.4) is 0 Å². The first-order valence-corrected chi connectivity index (χ1v) is 5.86. The summed E-state index contributed by atoms with van der Waals surface area (Å²) in [6, 6.07) is -0.372. The molecule has 1 saturated carbocycles. The van der Waals surface area contributed by atoms with Gasteiger partial charge in [-0.15, -0.1) is 0 Å². The standard InChI is InChI=1S/C11H18N2O3/c12-9(10(14)8-1-2-8)7-3-5-13(6-4-7)11(15)16/h7-9H,1-6,12H2,(H,15,16). The third-order valence-electron chi connectivity index (χ3n) is 3.63. The van der Waals surface area contributed by atoms with Gasteiger partial charge in [0.2, 0.25) is 0 Å². The number of ketones is 1.